The number of ether oxygens (including phenoxy) is 2. The van der Waals surface area contributed by atoms with E-state index in [0.29, 0.717) is 63.5 Å². The second kappa shape index (κ2) is 14.8. The van der Waals surface area contributed by atoms with Crippen LogP contribution in [0.2, 0.25) is 0 Å². The maximum Gasteiger partial charge on any atom is 0.436 e. The van der Waals surface area contributed by atoms with Crippen LogP contribution < -0.4 is 10.6 Å². The average molecular weight is 545 g/mol. The minimum atomic E-state index is -0.869. The quantitative estimate of drug-likeness (QED) is 0.369. The van der Waals surface area contributed by atoms with Crippen LogP contribution in [0.25, 0.3) is 0 Å². The molecule has 2 heterocycles. The number of rotatable bonds is 7. The lowest BCUT2D eigenvalue weighted by atomic mass is 9.83. The van der Waals surface area contributed by atoms with Crippen LogP contribution in [0, 0.1) is 17.2 Å². The van der Waals surface area contributed by atoms with Gasteiger partial charge in [0.25, 0.3) is 0 Å². The number of hydrogen-bond donors (Lipinski definition) is 2. The topological polar surface area (TPSA) is 119 Å². The largest absolute Gasteiger partial charge is 0.448 e. The van der Waals surface area contributed by atoms with Crippen LogP contribution in [0.15, 0.2) is 4.99 Å². The molecule has 2 N–H and O–H groups in total. The molecule has 2 amide bonds. The Bertz CT molecular complexity index is 863. The third-order valence-electron chi connectivity index (χ3n) is 9.01. The first-order chi connectivity index (χ1) is 19.0. The SMILES string of the molecule is CCOC(=O)N=C(NC(CC1CCCCC1)C(=O)NC1(C#N)CCN(C2CCCCC2)CC1)N1CCOCC1. The Kier molecular flexibility index (Phi) is 11.3. The number of aliphatic imine (C=N–C) groups is 1. The highest BCUT2D eigenvalue weighted by atomic mass is 16.5. The van der Waals surface area contributed by atoms with Crippen molar-refractivity contribution in [1.29, 1.82) is 5.26 Å². The van der Waals surface area contributed by atoms with Crippen molar-refractivity contribution in [2.45, 2.75) is 108 Å². The number of amides is 2. The molecule has 2 saturated heterocycles. The van der Waals surface area contributed by atoms with Crippen molar-refractivity contribution in [2.75, 3.05) is 46.0 Å². The molecule has 4 rings (SSSR count). The summed E-state index contributed by atoms with van der Waals surface area (Å²) >= 11 is 0. The summed E-state index contributed by atoms with van der Waals surface area (Å²) in [5.74, 6) is 0.589. The van der Waals surface area contributed by atoms with Crippen LogP contribution in [-0.2, 0) is 14.3 Å². The third-order valence-corrected chi connectivity index (χ3v) is 9.01. The molecule has 1 atom stereocenters. The van der Waals surface area contributed by atoms with Gasteiger partial charge < -0.3 is 29.9 Å². The lowest BCUT2D eigenvalue weighted by Gasteiger charge is -2.43. The van der Waals surface area contributed by atoms with E-state index >= 15 is 0 Å². The maximum absolute atomic E-state index is 13.9. The first-order valence-corrected chi connectivity index (χ1v) is 15.3. The maximum atomic E-state index is 13.9. The molecule has 0 aromatic heterocycles. The molecule has 10 heteroatoms. The van der Waals surface area contributed by atoms with Crippen molar-refractivity contribution >= 4 is 18.0 Å². The van der Waals surface area contributed by atoms with E-state index in [0.717, 1.165) is 25.9 Å². The van der Waals surface area contributed by atoms with Gasteiger partial charge in [-0.25, -0.2) is 4.79 Å². The fraction of sp³-hybridized carbons (Fsp3) is 0.862. The van der Waals surface area contributed by atoms with Gasteiger partial charge in [0.2, 0.25) is 11.9 Å². The van der Waals surface area contributed by atoms with Crippen molar-refractivity contribution in [3.8, 4) is 6.07 Å². The zero-order chi connectivity index (χ0) is 27.5. The van der Waals surface area contributed by atoms with Crippen LogP contribution in [0.4, 0.5) is 4.79 Å². The smallest absolute Gasteiger partial charge is 0.436 e. The monoisotopic (exact) mass is 544 g/mol. The van der Waals surface area contributed by atoms with Crippen molar-refractivity contribution in [3.63, 3.8) is 0 Å². The fourth-order valence-electron chi connectivity index (χ4n) is 6.66. The first-order valence-electron chi connectivity index (χ1n) is 15.3. The molecule has 4 aliphatic rings. The fourth-order valence-corrected chi connectivity index (χ4v) is 6.66. The Morgan fingerprint density at radius 1 is 1.03 bits per heavy atom. The molecule has 39 heavy (non-hydrogen) atoms. The van der Waals surface area contributed by atoms with Crippen LogP contribution >= 0.6 is 0 Å². The summed E-state index contributed by atoms with van der Waals surface area (Å²) < 4.78 is 10.6. The number of carbonyl (C=O) groups is 2. The second-order valence-corrected chi connectivity index (χ2v) is 11.7. The highest BCUT2D eigenvalue weighted by Gasteiger charge is 2.40. The number of guanidine groups is 1. The Labute approximate surface area is 233 Å². The first kappa shape index (κ1) is 29.6. The number of carbonyl (C=O) groups excluding carboxylic acids is 2. The summed E-state index contributed by atoms with van der Waals surface area (Å²) in [6.45, 7) is 5.84. The third kappa shape index (κ3) is 8.55. The van der Waals surface area contributed by atoms with Crippen LogP contribution in [0.5, 0.6) is 0 Å². The van der Waals surface area contributed by atoms with Gasteiger partial charge in [-0.15, -0.1) is 4.99 Å². The summed E-state index contributed by atoms with van der Waals surface area (Å²) in [6, 6.07) is 2.50. The van der Waals surface area contributed by atoms with Crippen LogP contribution in [0.3, 0.4) is 0 Å². The van der Waals surface area contributed by atoms with E-state index in [1.54, 1.807) is 6.92 Å². The van der Waals surface area contributed by atoms with Gasteiger partial charge in [0.1, 0.15) is 11.6 Å². The molecule has 0 aromatic rings. The predicted molar refractivity (Wildman–Crippen MR) is 149 cm³/mol. The van der Waals surface area contributed by atoms with Crippen LogP contribution in [-0.4, -0.2) is 91.4 Å². The van der Waals surface area contributed by atoms with Gasteiger partial charge in [-0.05, 0) is 44.9 Å². The lowest BCUT2D eigenvalue weighted by Crippen LogP contribution is -2.61. The summed E-state index contributed by atoms with van der Waals surface area (Å²) in [6.07, 6.45) is 13.4. The zero-order valence-electron chi connectivity index (χ0n) is 23.8. The van der Waals surface area contributed by atoms with E-state index in [2.05, 4.69) is 26.6 Å². The van der Waals surface area contributed by atoms with Gasteiger partial charge in [0.05, 0.1) is 25.9 Å². The highest BCUT2D eigenvalue weighted by molar-refractivity contribution is 5.94. The molecule has 0 aromatic carbocycles. The van der Waals surface area contributed by atoms with Gasteiger partial charge in [-0.1, -0.05) is 51.4 Å². The molecule has 2 saturated carbocycles. The number of nitrogens with zero attached hydrogens (tertiary/aromatic N) is 4. The van der Waals surface area contributed by atoms with E-state index in [-0.39, 0.29) is 12.5 Å². The van der Waals surface area contributed by atoms with Crippen molar-refractivity contribution in [3.05, 3.63) is 0 Å². The Morgan fingerprint density at radius 3 is 2.28 bits per heavy atom. The molecular weight excluding hydrogens is 496 g/mol. The molecule has 10 nitrogen and oxygen atoms in total. The lowest BCUT2D eigenvalue weighted by molar-refractivity contribution is -0.125. The molecule has 2 aliphatic heterocycles. The van der Waals surface area contributed by atoms with Gasteiger partial charge in [0.15, 0.2) is 0 Å². The summed E-state index contributed by atoms with van der Waals surface area (Å²) in [7, 11) is 0. The minimum absolute atomic E-state index is 0.182. The van der Waals surface area contributed by atoms with E-state index in [1.807, 2.05) is 4.90 Å². The number of hydrogen-bond acceptors (Lipinski definition) is 6. The van der Waals surface area contributed by atoms with E-state index < -0.39 is 17.7 Å². The minimum Gasteiger partial charge on any atom is -0.448 e. The van der Waals surface area contributed by atoms with Crippen LogP contribution in [0.1, 0.15) is 90.4 Å². The van der Waals surface area contributed by atoms with Gasteiger partial charge in [-0.3, -0.25) is 4.79 Å². The molecule has 0 bridgehead atoms. The van der Waals surface area contributed by atoms with E-state index in [9.17, 15) is 14.9 Å². The van der Waals surface area contributed by atoms with E-state index in [1.165, 1.54) is 51.4 Å². The van der Waals surface area contributed by atoms with Gasteiger partial charge in [0, 0.05) is 32.2 Å². The Balaban J connectivity index is 1.47. The van der Waals surface area contributed by atoms with Crippen molar-refractivity contribution in [2.24, 2.45) is 10.9 Å². The molecule has 2 aliphatic carbocycles. The summed E-state index contributed by atoms with van der Waals surface area (Å²) in [5.41, 5.74) is -0.869. The Hall–Kier alpha value is -2.38. The standard InChI is InChI=1S/C29H48N6O4/c1-2-39-28(37)32-27(35-17-19-38-20-18-35)31-25(21-23-9-5-3-6-10-23)26(36)33-29(22-30)13-15-34(16-14-29)24-11-7-4-8-12-24/h23-25H,2-21H2,1H3,(H,33,36)(H,31,32,37). The molecule has 0 radical (unpaired) electrons. The number of nitriles is 1. The normalized spacial score (nSPS) is 24.4. The Morgan fingerprint density at radius 2 is 1.67 bits per heavy atom. The predicted octanol–water partition coefficient (Wildman–Crippen LogP) is 3.57. The van der Waals surface area contributed by atoms with E-state index in [4.69, 9.17) is 9.47 Å². The summed E-state index contributed by atoms with van der Waals surface area (Å²) in [5, 5.41) is 16.8. The molecule has 1 unspecified atom stereocenters. The molecule has 4 fully saturated rings. The number of likely N-dealkylation sites (tertiary alicyclic amines) is 1. The van der Waals surface area contributed by atoms with Gasteiger partial charge in [-0.2, -0.15) is 5.26 Å². The zero-order valence-corrected chi connectivity index (χ0v) is 23.8. The second-order valence-electron chi connectivity index (χ2n) is 11.7. The number of nitrogens with one attached hydrogen (secondary N) is 2. The highest BCUT2D eigenvalue weighted by Crippen LogP contribution is 2.30. The van der Waals surface area contributed by atoms with Gasteiger partial charge >= 0.3 is 6.09 Å². The average Bonchev–Trinajstić information content (AvgIpc) is 2.98. The number of piperidine rings is 1. The van der Waals surface area contributed by atoms with Crippen molar-refractivity contribution < 1.29 is 19.1 Å². The van der Waals surface area contributed by atoms with Crippen molar-refractivity contribution in [1.82, 2.24) is 20.4 Å². The molecular formula is C29H48N6O4. The number of morpholine rings is 1. The molecule has 218 valence electrons. The molecule has 0 spiro atoms. The summed E-state index contributed by atoms with van der Waals surface area (Å²) in [4.78, 5) is 35.0.